The van der Waals surface area contributed by atoms with Crippen molar-refractivity contribution in [1.82, 2.24) is 4.90 Å². The van der Waals surface area contributed by atoms with Crippen LogP contribution in [0.15, 0.2) is 42.5 Å². The van der Waals surface area contributed by atoms with E-state index in [0.717, 1.165) is 64.0 Å². The molecule has 3 atom stereocenters. The number of hydrogen-bond acceptors (Lipinski definition) is 5. The van der Waals surface area contributed by atoms with Crippen LogP contribution in [0.3, 0.4) is 0 Å². The molecule has 3 aliphatic heterocycles. The van der Waals surface area contributed by atoms with E-state index in [4.69, 9.17) is 4.74 Å². The third-order valence-electron chi connectivity index (χ3n) is 9.32. The number of hydrogen-bond donors (Lipinski definition) is 0. The molecule has 0 aromatic heterocycles. The van der Waals surface area contributed by atoms with Crippen molar-refractivity contribution in [2.24, 2.45) is 0 Å². The summed E-state index contributed by atoms with van der Waals surface area (Å²) in [6, 6.07) is 13.9. The number of ether oxygens (including phenoxy) is 1. The number of halogens is 1. The Morgan fingerprint density at radius 3 is 2.55 bits per heavy atom. The molecule has 40 heavy (non-hydrogen) atoms. The second kappa shape index (κ2) is 13.8. The Balaban J connectivity index is 1.13. The topological polar surface area (TPSA) is 36.0 Å². The Morgan fingerprint density at radius 1 is 0.975 bits per heavy atom. The third kappa shape index (κ3) is 6.82. The summed E-state index contributed by atoms with van der Waals surface area (Å²) in [5, 5.41) is 0. The van der Waals surface area contributed by atoms with Gasteiger partial charge in [-0.25, -0.2) is 4.39 Å². The first-order valence-corrected chi connectivity index (χ1v) is 15.8. The summed E-state index contributed by atoms with van der Waals surface area (Å²) in [5.74, 6) is 0.171. The molecule has 0 saturated carbocycles. The zero-order valence-corrected chi connectivity index (χ0v) is 24.6. The molecule has 1 fully saturated rings. The summed E-state index contributed by atoms with van der Waals surface area (Å²) < 4.78 is 19.6. The van der Waals surface area contributed by atoms with Crippen molar-refractivity contribution in [3.63, 3.8) is 0 Å². The fourth-order valence-corrected chi connectivity index (χ4v) is 7.09. The molecule has 5 rings (SSSR count). The first-order chi connectivity index (χ1) is 19.5. The SMILES string of the molecule is CCCCCCCCCC(=O)O[C@@H](CCCN1CC[C@H]2[C@@H](C1)c1cccc3c1N2CCN3C)c1ccc(F)cc1. The van der Waals surface area contributed by atoms with Crippen molar-refractivity contribution in [3.8, 4) is 0 Å². The van der Waals surface area contributed by atoms with Crippen molar-refractivity contribution in [2.75, 3.05) is 49.6 Å². The second-order valence-corrected chi connectivity index (χ2v) is 12.1. The number of likely N-dealkylation sites (N-methyl/N-ethyl adjacent to an activating group) is 1. The van der Waals surface area contributed by atoms with E-state index in [9.17, 15) is 9.18 Å². The van der Waals surface area contributed by atoms with Crippen LogP contribution in [0.5, 0.6) is 0 Å². The van der Waals surface area contributed by atoms with E-state index in [1.807, 2.05) is 0 Å². The number of piperidine rings is 1. The molecule has 3 heterocycles. The van der Waals surface area contributed by atoms with Crippen LogP contribution in [0.4, 0.5) is 15.8 Å². The van der Waals surface area contributed by atoms with Crippen LogP contribution in [0.1, 0.15) is 101 Å². The zero-order valence-electron chi connectivity index (χ0n) is 24.6. The lowest BCUT2D eigenvalue weighted by molar-refractivity contribution is -0.150. The molecule has 0 bridgehead atoms. The third-order valence-corrected chi connectivity index (χ3v) is 9.32. The lowest BCUT2D eigenvalue weighted by Gasteiger charge is -2.41. The molecule has 0 aliphatic carbocycles. The highest BCUT2D eigenvalue weighted by Gasteiger charge is 2.44. The van der Waals surface area contributed by atoms with Crippen molar-refractivity contribution in [2.45, 2.75) is 95.6 Å². The maximum Gasteiger partial charge on any atom is 0.306 e. The summed E-state index contributed by atoms with van der Waals surface area (Å²) in [6.45, 7) is 7.62. The average Bonchev–Trinajstić information content (AvgIpc) is 3.28. The molecule has 0 unspecified atom stereocenters. The lowest BCUT2D eigenvalue weighted by Crippen LogP contribution is -2.49. The number of likely N-dealkylation sites (tertiary alicyclic amines) is 1. The number of rotatable bonds is 14. The van der Waals surface area contributed by atoms with Crippen molar-refractivity contribution < 1.29 is 13.9 Å². The van der Waals surface area contributed by atoms with Crippen LogP contribution in [0, 0.1) is 5.82 Å². The summed E-state index contributed by atoms with van der Waals surface area (Å²) >= 11 is 0. The summed E-state index contributed by atoms with van der Waals surface area (Å²) in [6.07, 6.45) is 11.3. The minimum Gasteiger partial charge on any atom is -0.457 e. The van der Waals surface area contributed by atoms with Gasteiger partial charge < -0.3 is 19.4 Å². The standard InChI is InChI=1S/C34H48FN3O2/c1-3-4-5-6-7-8-9-15-33(39)40-32(26-16-18-27(35)19-17-26)14-11-21-37-22-20-30-29(25-37)28-12-10-13-31-34(28)38(30)24-23-36(31)2/h10,12-13,16-19,29-30,32H,3-9,11,14-15,20-25H2,1-2H3/t29-,30-,32-/m0/s1. The van der Waals surface area contributed by atoms with Gasteiger partial charge in [0.15, 0.2) is 0 Å². The quantitative estimate of drug-likeness (QED) is 0.181. The average molecular weight is 550 g/mol. The fraction of sp³-hybridized carbons (Fsp3) is 0.618. The van der Waals surface area contributed by atoms with Gasteiger partial charge in [-0.05, 0) is 61.6 Å². The van der Waals surface area contributed by atoms with Crippen molar-refractivity contribution in [3.05, 3.63) is 59.4 Å². The molecule has 0 N–H and O–H groups in total. The lowest BCUT2D eigenvalue weighted by atomic mass is 9.89. The van der Waals surface area contributed by atoms with Gasteiger partial charge in [0.05, 0.1) is 11.4 Å². The molecule has 218 valence electrons. The van der Waals surface area contributed by atoms with Crippen molar-refractivity contribution >= 4 is 17.3 Å². The Kier molecular flexibility index (Phi) is 10.0. The smallest absolute Gasteiger partial charge is 0.306 e. The van der Waals surface area contributed by atoms with Gasteiger partial charge >= 0.3 is 5.97 Å². The molecule has 5 nitrogen and oxygen atoms in total. The van der Waals surface area contributed by atoms with Crippen LogP contribution in [-0.2, 0) is 9.53 Å². The van der Waals surface area contributed by atoms with Crippen LogP contribution < -0.4 is 9.80 Å². The summed E-state index contributed by atoms with van der Waals surface area (Å²) in [4.78, 5) is 20.4. The molecule has 0 spiro atoms. The van der Waals surface area contributed by atoms with E-state index < -0.39 is 0 Å². The van der Waals surface area contributed by atoms with Crippen molar-refractivity contribution in [1.29, 1.82) is 0 Å². The van der Waals surface area contributed by atoms with E-state index in [2.05, 4.69) is 46.9 Å². The van der Waals surface area contributed by atoms with Gasteiger partial charge in [-0.3, -0.25) is 4.79 Å². The van der Waals surface area contributed by atoms with Crippen LogP contribution in [-0.4, -0.2) is 56.7 Å². The predicted octanol–water partition coefficient (Wildman–Crippen LogP) is 7.46. The molecule has 6 heteroatoms. The Bertz CT molecular complexity index is 1110. The van der Waals surface area contributed by atoms with Gasteiger partial charge in [0, 0.05) is 51.6 Å². The van der Waals surface area contributed by atoms with Crippen LogP contribution in [0.2, 0.25) is 0 Å². The number of carbonyl (C=O) groups excluding carboxylic acids is 1. The number of fused-ring (bicyclic) bond motifs is 3. The van der Waals surface area contributed by atoms with E-state index >= 15 is 0 Å². The zero-order chi connectivity index (χ0) is 27.9. The fourth-order valence-electron chi connectivity index (χ4n) is 7.09. The molecule has 2 aromatic rings. The Hall–Kier alpha value is -2.60. The minimum atomic E-state index is -0.315. The highest BCUT2D eigenvalue weighted by Crippen LogP contribution is 2.50. The van der Waals surface area contributed by atoms with Gasteiger partial charge in [0.2, 0.25) is 0 Å². The number of nitrogens with zero attached hydrogens (tertiary/aromatic N) is 3. The highest BCUT2D eigenvalue weighted by molar-refractivity contribution is 5.80. The number of esters is 1. The molecule has 2 aromatic carbocycles. The minimum absolute atomic E-state index is 0.127. The molecule has 0 amide bonds. The molecule has 0 radical (unpaired) electrons. The number of unbranched alkanes of at least 4 members (excludes halogenated alkanes) is 6. The maximum atomic E-state index is 13.6. The van der Waals surface area contributed by atoms with E-state index in [1.165, 1.54) is 67.6 Å². The summed E-state index contributed by atoms with van der Waals surface area (Å²) in [5.41, 5.74) is 5.26. The Morgan fingerprint density at radius 2 is 1.75 bits per heavy atom. The van der Waals surface area contributed by atoms with Crippen LogP contribution in [0.25, 0.3) is 0 Å². The largest absolute Gasteiger partial charge is 0.457 e. The monoisotopic (exact) mass is 549 g/mol. The number of anilines is 2. The molecule has 1 saturated heterocycles. The van der Waals surface area contributed by atoms with Gasteiger partial charge in [-0.15, -0.1) is 0 Å². The first kappa shape index (κ1) is 28.9. The van der Waals surface area contributed by atoms with E-state index in [0.29, 0.717) is 18.4 Å². The van der Waals surface area contributed by atoms with E-state index in [1.54, 1.807) is 12.1 Å². The van der Waals surface area contributed by atoms with Crippen LogP contribution >= 0.6 is 0 Å². The van der Waals surface area contributed by atoms with Gasteiger partial charge in [-0.2, -0.15) is 0 Å². The normalized spacial score (nSPS) is 20.8. The maximum absolute atomic E-state index is 13.6. The van der Waals surface area contributed by atoms with Gasteiger partial charge in [-0.1, -0.05) is 69.7 Å². The summed E-state index contributed by atoms with van der Waals surface area (Å²) in [7, 11) is 2.21. The number of carbonyl (C=O) groups is 1. The van der Waals surface area contributed by atoms with Gasteiger partial charge in [0.1, 0.15) is 11.9 Å². The number of benzene rings is 2. The Labute approximate surface area is 240 Å². The first-order valence-electron chi connectivity index (χ1n) is 15.8. The molecule has 3 aliphatic rings. The second-order valence-electron chi connectivity index (χ2n) is 12.1. The van der Waals surface area contributed by atoms with Gasteiger partial charge in [0.25, 0.3) is 0 Å². The predicted molar refractivity (Wildman–Crippen MR) is 162 cm³/mol. The molecular weight excluding hydrogens is 501 g/mol. The molecular formula is C34H48FN3O2. The highest BCUT2D eigenvalue weighted by atomic mass is 19.1. The number of para-hydroxylation sites is 1. The van der Waals surface area contributed by atoms with E-state index in [-0.39, 0.29) is 17.9 Å².